The van der Waals surface area contributed by atoms with Crippen LogP contribution in [-0.2, 0) is 4.79 Å². The lowest BCUT2D eigenvalue weighted by Gasteiger charge is -2.28. The Morgan fingerprint density at radius 2 is 2.00 bits per heavy atom. The first kappa shape index (κ1) is 13.0. The predicted octanol–water partition coefficient (Wildman–Crippen LogP) is 2.39. The minimum absolute atomic E-state index is 0.545. The van der Waals surface area contributed by atoms with E-state index < -0.39 is 12.0 Å². The molecule has 1 aromatic rings. The number of nitrogens with zero attached hydrogens (tertiary/aromatic N) is 2. The first-order valence-electron chi connectivity index (χ1n) is 6.57. The van der Waals surface area contributed by atoms with Crippen molar-refractivity contribution in [3.8, 4) is 0 Å². The molecule has 0 bridgehead atoms. The highest BCUT2D eigenvalue weighted by molar-refractivity contribution is 5.76. The van der Waals surface area contributed by atoms with Crippen molar-refractivity contribution in [2.45, 2.75) is 38.6 Å². The number of carbonyl (C=O) groups is 1. The van der Waals surface area contributed by atoms with Gasteiger partial charge in [0.05, 0.1) is 0 Å². The topological polar surface area (TPSA) is 53.4 Å². The van der Waals surface area contributed by atoms with Gasteiger partial charge in [-0.25, -0.2) is 0 Å². The summed E-state index contributed by atoms with van der Waals surface area (Å²) >= 11 is 0. The molecule has 98 valence electrons. The molecule has 0 amide bonds. The van der Waals surface area contributed by atoms with Crippen molar-refractivity contribution in [1.82, 2.24) is 9.88 Å². The summed E-state index contributed by atoms with van der Waals surface area (Å²) < 4.78 is 0. The highest BCUT2D eigenvalue weighted by atomic mass is 16.4. The Labute approximate surface area is 108 Å². The van der Waals surface area contributed by atoms with Gasteiger partial charge >= 0.3 is 5.97 Å². The second kappa shape index (κ2) is 5.96. The molecule has 2 rings (SSSR count). The van der Waals surface area contributed by atoms with Gasteiger partial charge in [-0.05, 0) is 44.5 Å². The molecule has 0 spiro atoms. The Balaban J connectivity index is 2.27. The average Bonchev–Trinajstić information content (AvgIpc) is 2.60. The molecule has 1 atom stereocenters. The Hall–Kier alpha value is -1.42. The molecule has 1 aliphatic heterocycles. The van der Waals surface area contributed by atoms with E-state index in [1.807, 2.05) is 13.0 Å². The molecular weight excluding hydrogens is 228 g/mol. The van der Waals surface area contributed by atoms with Gasteiger partial charge in [-0.15, -0.1) is 0 Å². The van der Waals surface area contributed by atoms with Crippen LogP contribution < -0.4 is 0 Å². The third-order valence-electron chi connectivity index (χ3n) is 3.61. The van der Waals surface area contributed by atoms with E-state index >= 15 is 0 Å². The van der Waals surface area contributed by atoms with Crippen molar-refractivity contribution in [2.24, 2.45) is 0 Å². The highest BCUT2D eigenvalue weighted by Gasteiger charge is 2.29. The van der Waals surface area contributed by atoms with Crippen molar-refractivity contribution in [2.75, 3.05) is 13.1 Å². The molecule has 1 saturated heterocycles. The average molecular weight is 248 g/mol. The number of aromatic nitrogens is 1. The molecule has 4 nitrogen and oxygen atoms in total. The lowest BCUT2D eigenvalue weighted by Crippen LogP contribution is -2.35. The Kier molecular flexibility index (Phi) is 4.31. The van der Waals surface area contributed by atoms with E-state index in [1.165, 1.54) is 12.8 Å². The molecule has 1 fully saturated rings. The van der Waals surface area contributed by atoms with Crippen LogP contribution in [0.1, 0.15) is 42.9 Å². The molecule has 0 aromatic carbocycles. The minimum Gasteiger partial charge on any atom is -0.480 e. The maximum Gasteiger partial charge on any atom is 0.325 e. The molecule has 0 radical (unpaired) electrons. The molecular formula is C14H20N2O2. The van der Waals surface area contributed by atoms with Crippen molar-refractivity contribution < 1.29 is 9.90 Å². The summed E-state index contributed by atoms with van der Waals surface area (Å²) in [6, 6.07) is 1.33. The van der Waals surface area contributed by atoms with Gasteiger partial charge in [0, 0.05) is 18.0 Å². The van der Waals surface area contributed by atoms with Gasteiger partial charge < -0.3 is 5.11 Å². The van der Waals surface area contributed by atoms with Crippen molar-refractivity contribution >= 4 is 5.97 Å². The molecule has 1 unspecified atom stereocenters. The summed E-state index contributed by atoms with van der Waals surface area (Å²) in [5.41, 5.74) is 1.83. The number of hydrogen-bond acceptors (Lipinski definition) is 3. The van der Waals surface area contributed by atoms with Gasteiger partial charge in [-0.3, -0.25) is 14.7 Å². The van der Waals surface area contributed by atoms with Crippen LogP contribution in [0.4, 0.5) is 0 Å². The Morgan fingerprint density at radius 1 is 1.33 bits per heavy atom. The van der Waals surface area contributed by atoms with Crippen LogP contribution in [0.25, 0.3) is 0 Å². The lowest BCUT2D eigenvalue weighted by molar-refractivity contribution is -0.143. The van der Waals surface area contributed by atoms with Crippen molar-refractivity contribution in [3.05, 3.63) is 29.6 Å². The molecule has 1 N–H and O–H groups in total. The van der Waals surface area contributed by atoms with E-state index in [-0.39, 0.29) is 0 Å². The number of hydrogen-bond donors (Lipinski definition) is 1. The van der Waals surface area contributed by atoms with E-state index in [4.69, 9.17) is 0 Å². The summed E-state index contributed by atoms with van der Waals surface area (Å²) in [4.78, 5) is 17.8. The van der Waals surface area contributed by atoms with E-state index in [0.717, 1.165) is 37.1 Å². The molecule has 1 aliphatic rings. The summed E-state index contributed by atoms with van der Waals surface area (Å²) in [5, 5.41) is 9.53. The SMILES string of the molecule is Cc1ccncc1C(C(=O)O)N1CCCCCC1. The van der Waals surface area contributed by atoms with Crippen molar-refractivity contribution in [3.63, 3.8) is 0 Å². The number of pyridine rings is 1. The maximum absolute atomic E-state index is 11.6. The molecule has 2 heterocycles. The van der Waals surface area contributed by atoms with Crippen molar-refractivity contribution in [1.29, 1.82) is 0 Å². The summed E-state index contributed by atoms with van der Waals surface area (Å²) in [6.07, 6.45) is 7.98. The highest BCUT2D eigenvalue weighted by Crippen LogP contribution is 2.26. The van der Waals surface area contributed by atoms with Gasteiger partial charge in [0.2, 0.25) is 0 Å². The smallest absolute Gasteiger partial charge is 0.325 e. The van der Waals surface area contributed by atoms with E-state index in [2.05, 4.69) is 9.88 Å². The van der Waals surface area contributed by atoms with Gasteiger partial charge in [-0.1, -0.05) is 12.8 Å². The number of aliphatic carboxylic acids is 1. The third-order valence-corrected chi connectivity index (χ3v) is 3.61. The normalized spacial score (nSPS) is 19.2. The molecule has 1 aromatic heterocycles. The number of aryl methyl sites for hydroxylation is 1. The first-order valence-corrected chi connectivity index (χ1v) is 6.57. The molecule has 0 saturated carbocycles. The summed E-state index contributed by atoms with van der Waals surface area (Å²) in [5.74, 6) is -0.770. The standard InChI is InChI=1S/C14H20N2O2/c1-11-6-7-15-10-12(11)13(14(17)18)16-8-4-2-3-5-9-16/h6-7,10,13H,2-5,8-9H2,1H3,(H,17,18). The van der Waals surface area contributed by atoms with Gasteiger partial charge in [0.1, 0.15) is 6.04 Å². The Bertz CT molecular complexity index is 412. The fourth-order valence-electron chi connectivity index (χ4n) is 2.60. The van der Waals surface area contributed by atoms with Gasteiger partial charge in [0.15, 0.2) is 0 Å². The Morgan fingerprint density at radius 3 is 2.56 bits per heavy atom. The third kappa shape index (κ3) is 2.88. The van der Waals surface area contributed by atoms with Gasteiger partial charge in [0.25, 0.3) is 0 Å². The zero-order chi connectivity index (χ0) is 13.0. The van der Waals surface area contributed by atoms with E-state index in [1.54, 1.807) is 12.4 Å². The number of likely N-dealkylation sites (tertiary alicyclic amines) is 1. The second-order valence-electron chi connectivity index (χ2n) is 4.92. The van der Waals surface area contributed by atoms with Crippen LogP contribution in [0.3, 0.4) is 0 Å². The van der Waals surface area contributed by atoms with E-state index in [0.29, 0.717) is 0 Å². The summed E-state index contributed by atoms with van der Waals surface area (Å²) in [6.45, 7) is 3.68. The zero-order valence-electron chi connectivity index (χ0n) is 10.8. The number of carboxylic acid groups (broad SMARTS) is 1. The van der Waals surface area contributed by atoms with E-state index in [9.17, 15) is 9.90 Å². The van der Waals surface area contributed by atoms with Crippen LogP contribution in [-0.4, -0.2) is 34.0 Å². The first-order chi connectivity index (χ1) is 8.70. The minimum atomic E-state index is -0.770. The monoisotopic (exact) mass is 248 g/mol. The number of rotatable bonds is 3. The van der Waals surface area contributed by atoms with Crippen LogP contribution in [0, 0.1) is 6.92 Å². The fourth-order valence-corrected chi connectivity index (χ4v) is 2.60. The predicted molar refractivity (Wildman–Crippen MR) is 69.4 cm³/mol. The maximum atomic E-state index is 11.6. The fraction of sp³-hybridized carbons (Fsp3) is 0.571. The second-order valence-corrected chi connectivity index (χ2v) is 4.92. The molecule has 4 heteroatoms. The van der Waals surface area contributed by atoms with Crippen LogP contribution in [0.15, 0.2) is 18.5 Å². The summed E-state index contributed by atoms with van der Waals surface area (Å²) in [7, 11) is 0. The number of carboxylic acids is 1. The van der Waals surface area contributed by atoms with Crippen LogP contribution in [0.5, 0.6) is 0 Å². The quantitative estimate of drug-likeness (QED) is 0.892. The largest absolute Gasteiger partial charge is 0.480 e. The van der Waals surface area contributed by atoms with Crippen LogP contribution >= 0.6 is 0 Å². The lowest BCUT2D eigenvalue weighted by atomic mass is 10.0. The van der Waals surface area contributed by atoms with Crippen LogP contribution in [0.2, 0.25) is 0 Å². The van der Waals surface area contributed by atoms with Gasteiger partial charge in [-0.2, -0.15) is 0 Å². The molecule has 0 aliphatic carbocycles. The zero-order valence-corrected chi connectivity index (χ0v) is 10.8. The molecule has 18 heavy (non-hydrogen) atoms.